The van der Waals surface area contributed by atoms with E-state index < -0.39 is 43.1 Å². The van der Waals surface area contributed by atoms with Crippen LogP contribution in [0.15, 0.2) is 30.3 Å². The summed E-state index contributed by atoms with van der Waals surface area (Å²) in [5.41, 5.74) is 1.26. The van der Waals surface area contributed by atoms with Crippen LogP contribution in [0, 0.1) is 0 Å². The van der Waals surface area contributed by atoms with E-state index in [1.54, 1.807) is 0 Å². The minimum absolute atomic E-state index is 0.391. The van der Waals surface area contributed by atoms with Crippen LogP contribution in [0.4, 0.5) is 0 Å². The number of ether oxygens (including phenoxy) is 4. The number of benzene rings is 1. The molecule has 2 aliphatic heterocycles. The fourth-order valence-corrected chi connectivity index (χ4v) is 3.25. The SMILES string of the molecule is CC1(C)O[C@H]2O[C@H]([C@H](O)CO)[C@H](OCCCc3ccccc3)[C@H]2O1. The predicted molar refractivity (Wildman–Crippen MR) is 86.3 cm³/mol. The van der Waals surface area contributed by atoms with Gasteiger partial charge < -0.3 is 29.2 Å². The molecule has 1 aromatic rings. The van der Waals surface area contributed by atoms with Gasteiger partial charge in [0.25, 0.3) is 0 Å². The quantitative estimate of drug-likeness (QED) is 0.728. The lowest BCUT2D eigenvalue weighted by molar-refractivity contribution is -0.231. The zero-order valence-corrected chi connectivity index (χ0v) is 14.1. The molecular formula is C18H26O6. The number of aryl methyl sites for hydroxylation is 1. The van der Waals surface area contributed by atoms with Crippen LogP contribution in [0.2, 0.25) is 0 Å². The summed E-state index contributed by atoms with van der Waals surface area (Å²) in [5, 5.41) is 19.2. The summed E-state index contributed by atoms with van der Waals surface area (Å²) < 4.78 is 23.2. The molecule has 0 unspecified atom stereocenters. The Morgan fingerprint density at radius 2 is 1.96 bits per heavy atom. The largest absolute Gasteiger partial charge is 0.394 e. The maximum Gasteiger partial charge on any atom is 0.190 e. The Kier molecular flexibility index (Phi) is 5.54. The van der Waals surface area contributed by atoms with Gasteiger partial charge in [0, 0.05) is 6.61 Å². The summed E-state index contributed by atoms with van der Waals surface area (Å²) >= 11 is 0. The number of aliphatic hydroxyl groups is 2. The first kappa shape index (κ1) is 17.8. The first-order chi connectivity index (χ1) is 11.5. The fourth-order valence-electron chi connectivity index (χ4n) is 3.25. The average Bonchev–Trinajstić information content (AvgIpc) is 3.04. The lowest BCUT2D eigenvalue weighted by atomic mass is 10.1. The van der Waals surface area contributed by atoms with Crippen LogP contribution in [0.1, 0.15) is 25.8 Å². The molecule has 5 atom stereocenters. The Labute approximate surface area is 142 Å². The Morgan fingerprint density at radius 3 is 2.67 bits per heavy atom. The van der Waals surface area contributed by atoms with Gasteiger partial charge in [-0.3, -0.25) is 0 Å². The summed E-state index contributed by atoms with van der Waals surface area (Å²) in [4.78, 5) is 0. The van der Waals surface area contributed by atoms with Gasteiger partial charge in [-0.2, -0.15) is 0 Å². The van der Waals surface area contributed by atoms with Crippen LogP contribution >= 0.6 is 0 Å². The molecule has 6 nitrogen and oxygen atoms in total. The topological polar surface area (TPSA) is 77.4 Å². The molecule has 134 valence electrons. The molecule has 0 saturated carbocycles. The molecule has 2 N–H and O–H groups in total. The van der Waals surface area contributed by atoms with Crippen molar-refractivity contribution in [3.8, 4) is 0 Å². The van der Waals surface area contributed by atoms with Crippen LogP contribution in [-0.2, 0) is 25.4 Å². The average molecular weight is 338 g/mol. The molecule has 0 amide bonds. The zero-order valence-electron chi connectivity index (χ0n) is 14.1. The fraction of sp³-hybridized carbons (Fsp3) is 0.667. The van der Waals surface area contributed by atoms with E-state index in [2.05, 4.69) is 12.1 Å². The van der Waals surface area contributed by atoms with Gasteiger partial charge in [0.1, 0.15) is 24.4 Å². The van der Waals surface area contributed by atoms with Gasteiger partial charge in [-0.25, -0.2) is 0 Å². The van der Waals surface area contributed by atoms with E-state index in [1.807, 2.05) is 32.0 Å². The summed E-state index contributed by atoms with van der Waals surface area (Å²) in [6, 6.07) is 10.2. The lowest BCUT2D eigenvalue weighted by Gasteiger charge is -2.28. The van der Waals surface area contributed by atoms with Crippen molar-refractivity contribution in [1.29, 1.82) is 0 Å². The van der Waals surface area contributed by atoms with Crippen LogP contribution < -0.4 is 0 Å². The van der Waals surface area contributed by atoms with Crippen LogP contribution in [0.25, 0.3) is 0 Å². The second kappa shape index (κ2) is 7.47. The Morgan fingerprint density at radius 1 is 1.21 bits per heavy atom. The minimum atomic E-state index is -1.02. The Balaban J connectivity index is 1.56. The van der Waals surface area contributed by atoms with E-state index in [4.69, 9.17) is 18.9 Å². The first-order valence-electron chi connectivity index (χ1n) is 8.46. The molecule has 0 radical (unpaired) electrons. The van der Waals surface area contributed by atoms with Crippen molar-refractivity contribution in [1.82, 2.24) is 0 Å². The highest BCUT2D eigenvalue weighted by Gasteiger charge is 2.56. The highest BCUT2D eigenvalue weighted by molar-refractivity contribution is 5.14. The van der Waals surface area contributed by atoms with Crippen molar-refractivity contribution < 1.29 is 29.2 Å². The molecule has 0 aliphatic carbocycles. The van der Waals surface area contributed by atoms with Gasteiger partial charge >= 0.3 is 0 Å². The van der Waals surface area contributed by atoms with Crippen molar-refractivity contribution in [3.63, 3.8) is 0 Å². The zero-order chi connectivity index (χ0) is 17.2. The van der Waals surface area contributed by atoms with E-state index in [1.165, 1.54) is 5.56 Å². The van der Waals surface area contributed by atoms with E-state index in [-0.39, 0.29) is 0 Å². The molecule has 0 aromatic heterocycles. The third kappa shape index (κ3) is 3.96. The van der Waals surface area contributed by atoms with E-state index in [0.717, 1.165) is 12.8 Å². The van der Waals surface area contributed by atoms with Gasteiger partial charge in [0.15, 0.2) is 12.1 Å². The summed E-state index contributed by atoms with van der Waals surface area (Å²) in [5.74, 6) is -0.740. The van der Waals surface area contributed by atoms with Gasteiger partial charge in [-0.05, 0) is 32.3 Å². The molecule has 1 aromatic carbocycles. The van der Waals surface area contributed by atoms with Crippen molar-refractivity contribution in [3.05, 3.63) is 35.9 Å². The van der Waals surface area contributed by atoms with Crippen LogP contribution in [0.3, 0.4) is 0 Å². The molecule has 0 spiro atoms. The second-order valence-electron chi connectivity index (χ2n) is 6.74. The molecule has 6 heteroatoms. The minimum Gasteiger partial charge on any atom is -0.394 e. The predicted octanol–water partition coefficient (Wildman–Crippen LogP) is 1.23. The molecule has 2 heterocycles. The standard InChI is InChI=1S/C18H26O6/c1-18(2)23-16-15(14(13(20)11-19)22-17(16)24-18)21-10-6-9-12-7-4-3-5-8-12/h3-5,7-8,13-17,19-20H,6,9-11H2,1-2H3/t13-,14-,15+,16-,17-/m1/s1. The Hall–Kier alpha value is -1.02. The van der Waals surface area contributed by atoms with Gasteiger partial charge in [0.05, 0.1) is 6.61 Å². The number of aliphatic hydroxyl groups excluding tert-OH is 2. The summed E-state index contributed by atoms with van der Waals surface area (Å²) in [6.45, 7) is 3.76. The van der Waals surface area contributed by atoms with Crippen molar-refractivity contribution >= 4 is 0 Å². The Bertz CT molecular complexity index is 520. The normalized spacial score (nSPS) is 32.7. The van der Waals surface area contributed by atoms with Gasteiger partial charge in [-0.15, -0.1) is 0 Å². The first-order valence-corrected chi connectivity index (χ1v) is 8.46. The van der Waals surface area contributed by atoms with Crippen LogP contribution in [-0.4, -0.2) is 59.9 Å². The van der Waals surface area contributed by atoms with Crippen molar-refractivity contribution in [2.45, 2.75) is 63.2 Å². The van der Waals surface area contributed by atoms with E-state index in [9.17, 15) is 10.2 Å². The number of fused-ring (bicyclic) bond motifs is 1. The molecular weight excluding hydrogens is 312 g/mol. The third-order valence-electron chi connectivity index (χ3n) is 4.36. The van der Waals surface area contributed by atoms with E-state index >= 15 is 0 Å². The molecule has 0 bridgehead atoms. The monoisotopic (exact) mass is 338 g/mol. The summed E-state index contributed by atoms with van der Waals surface area (Å²) in [6.07, 6.45) is -1.35. The highest BCUT2D eigenvalue weighted by atomic mass is 16.8. The molecule has 3 rings (SSSR count). The molecule has 2 fully saturated rings. The maximum absolute atomic E-state index is 9.98. The maximum atomic E-state index is 9.98. The second-order valence-corrected chi connectivity index (χ2v) is 6.74. The van der Waals surface area contributed by atoms with Crippen LogP contribution in [0.5, 0.6) is 0 Å². The van der Waals surface area contributed by atoms with Gasteiger partial charge in [0.2, 0.25) is 0 Å². The van der Waals surface area contributed by atoms with Crippen molar-refractivity contribution in [2.75, 3.05) is 13.2 Å². The molecule has 24 heavy (non-hydrogen) atoms. The summed E-state index contributed by atoms with van der Waals surface area (Å²) in [7, 11) is 0. The van der Waals surface area contributed by atoms with E-state index in [0.29, 0.717) is 6.61 Å². The van der Waals surface area contributed by atoms with Gasteiger partial charge in [-0.1, -0.05) is 30.3 Å². The molecule has 2 saturated heterocycles. The molecule has 2 aliphatic rings. The highest BCUT2D eigenvalue weighted by Crippen LogP contribution is 2.39. The number of rotatable bonds is 7. The van der Waals surface area contributed by atoms with Crippen molar-refractivity contribution in [2.24, 2.45) is 0 Å². The number of hydrogen-bond acceptors (Lipinski definition) is 6. The number of hydrogen-bond donors (Lipinski definition) is 2. The lowest BCUT2D eigenvalue weighted by Crippen LogP contribution is -2.44. The third-order valence-corrected chi connectivity index (χ3v) is 4.36. The smallest absolute Gasteiger partial charge is 0.190 e.